The minimum atomic E-state index is 0.458. The molecule has 7 heavy (non-hydrogen) atoms. The van der Waals surface area contributed by atoms with Crippen LogP contribution in [0.25, 0.3) is 6.08 Å². The van der Waals surface area contributed by atoms with Crippen molar-refractivity contribution < 1.29 is 4.52 Å². The summed E-state index contributed by atoms with van der Waals surface area (Å²) in [7, 11) is 0. The van der Waals surface area contributed by atoms with Gasteiger partial charge in [-0.2, -0.15) is 4.98 Å². The molecule has 3 heteroatoms. The fourth-order valence-electron chi connectivity index (χ4n) is 0.272. The molecule has 0 aromatic carbocycles. The molecule has 0 bridgehead atoms. The van der Waals surface area contributed by atoms with Gasteiger partial charge in [0.1, 0.15) is 0 Å². The van der Waals surface area contributed by atoms with Crippen molar-refractivity contribution in [2.24, 2.45) is 0 Å². The third-order valence-corrected chi connectivity index (χ3v) is 0.553. The van der Waals surface area contributed by atoms with E-state index >= 15 is 0 Å². The summed E-state index contributed by atoms with van der Waals surface area (Å²) in [5.74, 6) is 0.458. The highest BCUT2D eigenvalue weighted by Gasteiger charge is 1.84. The lowest BCUT2D eigenvalue weighted by atomic mass is 10.6. The number of rotatable bonds is 1. The fourth-order valence-corrected chi connectivity index (χ4v) is 0.272. The number of hydrogen-bond donors (Lipinski definition) is 0. The van der Waals surface area contributed by atoms with Crippen molar-refractivity contribution in [2.45, 2.75) is 0 Å². The molecule has 0 aliphatic rings. The van der Waals surface area contributed by atoms with Crippen LogP contribution in [-0.2, 0) is 0 Å². The zero-order valence-electron chi connectivity index (χ0n) is 3.66. The van der Waals surface area contributed by atoms with Gasteiger partial charge in [0.15, 0.2) is 6.33 Å². The first-order chi connectivity index (χ1) is 3.43. The van der Waals surface area contributed by atoms with E-state index in [1.54, 1.807) is 0 Å². The SMILES string of the molecule is C=Cc1ncno1. The number of nitrogens with zero attached hydrogens (tertiary/aromatic N) is 2. The zero-order valence-corrected chi connectivity index (χ0v) is 3.66. The minimum Gasteiger partial charge on any atom is -0.335 e. The molecule has 0 N–H and O–H groups in total. The fraction of sp³-hybridized carbons (Fsp3) is 0. The second-order valence-electron chi connectivity index (χ2n) is 0.984. The van der Waals surface area contributed by atoms with Gasteiger partial charge in [-0.3, -0.25) is 0 Å². The Hall–Kier alpha value is -1.12. The van der Waals surface area contributed by atoms with Crippen LogP contribution >= 0.6 is 0 Å². The van der Waals surface area contributed by atoms with E-state index in [0.29, 0.717) is 5.89 Å². The molecular formula is C4H4N2O. The van der Waals surface area contributed by atoms with Crippen LogP contribution in [-0.4, -0.2) is 10.1 Å². The normalized spacial score (nSPS) is 8.57. The molecule has 1 rings (SSSR count). The summed E-state index contributed by atoms with van der Waals surface area (Å²) in [5.41, 5.74) is 0. The van der Waals surface area contributed by atoms with E-state index in [1.165, 1.54) is 12.4 Å². The molecule has 0 saturated carbocycles. The predicted molar refractivity (Wildman–Crippen MR) is 24.4 cm³/mol. The van der Waals surface area contributed by atoms with E-state index in [0.717, 1.165) is 0 Å². The highest BCUT2D eigenvalue weighted by molar-refractivity contribution is 5.31. The smallest absolute Gasteiger partial charge is 0.249 e. The standard InChI is InChI=1S/C4H4N2O/c1-2-4-5-3-6-7-4/h2-3H,1H2. The highest BCUT2D eigenvalue weighted by atomic mass is 16.5. The predicted octanol–water partition coefficient (Wildman–Crippen LogP) is 0.713. The molecular weight excluding hydrogens is 92.1 g/mol. The quantitative estimate of drug-likeness (QED) is 0.516. The van der Waals surface area contributed by atoms with Crippen LogP contribution in [0, 0.1) is 0 Å². The third kappa shape index (κ3) is 0.652. The topological polar surface area (TPSA) is 38.9 Å². The highest BCUT2D eigenvalue weighted by Crippen LogP contribution is 1.88. The maximum Gasteiger partial charge on any atom is 0.249 e. The van der Waals surface area contributed by atoms with Crippen LogP contribution in [0.1, 0.15) is 5.89 Å². The van der Waals surface area contributed by atoms with Crippen LogP contribution < -0.4 is 0 Å². The van der Waals surface area contributed by atoms with Gasteiger partial charge in [-0.05, 0) is 6.08 Å². The lowest BCUT2D eigenvalue weighted by molar-refractivity contribution is 0.409. The van der Waals surface area contributed by atoms with Gasteiger partial charge in [-0.1, -0.05) is 11.7 Å². The van der Waals surface area contributed by atoms with E-state index in [4.69, 9.17) is 0 Å². The first kappa shape index (κ1) is 4.05. The molecule has 1 aromatic rings. The van der Waals surface area contributed by atoms with Crippen LogP contribution in [0.4, 0.5) is 0 Å². The van der Waals surface area contributed by atoms with E-state index in [2.05, 4.69) is 21.2 Å². The van der Waals surface area contributed by atoms with Crippen molar-refractivity contribution in [3.63, 3.8) is 0 Å². The van der Waals surface area contributed by atoms with Gasteiger partial charge in [0.05, 0.1) is 0 Å². The molecule has 0 fully saturated rings. The van der Waals surface area contributed by atoms with Crippen molar-refractivity contribution in [1.82, 2.24) is 10.1 Å². The Morgan fingerprint density at radius 2 is 2.71 bits per heavy atom. The lowest BCUT2D eigenvalue weighted by Crippen LogP contribution is -1.61. The summed E-state index contributed by atoms with van der Waals surface area (Å²) < 4.78 is 4.50. The zero-order chi connectivity index (χ0) is 5.11. The van der Waals surface area contributed by atoms with Crippen LogP contribution in [0.2, 0.25) is 0 Å². The Morgan fingerprint density at radius 3 is 3.00 bits per heavy atom. The molecule has 0 radical (unpaired) electrons. The van der Waals surface area contributed by atoms with Gasteiger partial charge in [-0.25, -0.2) is 0 Å². The van der Waals surface area contributed by atoms with Gasteiger partial charge in [0, 0.05) is 0 Å². The van der Waals surface area contributed by atoms with Crippen molar-refractivity contribution in [3.05, 3.63) is 18.8 Å². The van der Waals surface area contributed by atoms with Gasteiger partial charge in [-0.15, -0.1) is 0 Å². The van der Waals surface area contributed by atoms with Gasteiger partial charge in [0.2, 0.25) is 5.89 Å². The maximum atomic E-state index is 4.50. The van der Waals surface area contributed by atoms with Crippen molar-refractivity contribution in [3.8, 4) is 0 Å². The number of hydrogen-bond acceptors (Lipinski definition) is 3. The first-order valence-electron chi connectivity index (χ1n) is 1.82. The monoisotopic (exact) mass is 96.0 g/mol. The molecule has 0 spiro atoms. The average molecular weight is 96.1 g/mol. The summed E-state index contributed by atoms with van der Waals surface area (Å²) >= 11 is 0. The molecule has 36 valence electrons. The van der Waals surface area contributed by atoms with Crippen LogP contribution in [0.15, 0.2) is 17.4 Å². The van der Waals surface area contributed by atoms with E-state index in [9.17, 15) is 0 Å². The molecule has 0 aliphatic heterocycles. The number of aromatic nitrogens is 2. The van der Waals surface area contributed by atoms with Gasteiger partial charge in [0.25, 0.3) is 0 Å². The minimum absolute atomic E-state index is 0.458. The van der Waals surface area contributed by atoms with E-state index < -0.39 is 0 Å². The molecule has 0 unspecified atom stereocenters. The second kappa shape index (κ2) is 1.55. The molecule has 3 nitrogen and oxygen atoms in total. The van der Waals surface area contributed by atoms with Crippen molar-refractivity contribution in [1.29, 1.82) is 0 Å². The lowest BCUT2D eigenvalue weighted by Gasteiger charge is -1.67. The molecule has 0 aliphatic carbocycles. The largest absolute Gasteiger partial charge is 0.335 e. The summed E-state index contributed by atoms with van der Waals surface area (Å²) in [5, 5.41) is 3.34. The summed E-state index contributed by atoms with van der Waals surface area (Å²) in [4.78, 5) is 3.64. The van der Waals surface area contributed by atoms with Gasteiger partial charge < -0.3 is 4.52 Å². The van der Waals surface area contributed by atoms with Crippen molar-refractivity contribution in [2.75, 3.05) is 0 Å². The maximum absolute atomic E-state index is 4.50. The van der Waals surface area contributed by atoms with Crippen LogP contribution in [0.5, 0.6) is 0 Å². The Balaban J connectivity index is 2.96. The van der Waals surface area contributed by atoms with Crippen molar-refractivity contribution >= 4 is 6.08 Å². The van der Waals surface area contributed by atoms with E-state index in [1.807, 2.05) is 0 Å². The molecule has 1 heterocycles. The third-order valence-electron chi connectivity index (χ3n) is 0.553. The summed E-state index contributed by atoms with van der Waals surface area (Å²) in [6.45, 7) is 3.41. The van der Waals surface area contributed by atoms with Crippen LogP contribution in [0.3, 0.4) is 0 Å². The molecule has 0 amide bonds. The first-order valence-corrected chi connectivity index (χ1v) is 1.82. The second-order valence-corrected chi connectivity index (χ2v) is 0.984. The Bertz CT molecular complexity index is 145. The molecule has 0 atom stereocenters. The Kier molecular flexibility index (Phi) is 0.898. The average Bonchev–Trinajstić information content (AvgIpc) is 2.14. The van der Waals surface area contributed by atoms with Gasteiger partial charge >= 0.3 is 0 Å². The summed E-state index contributed by atoms with van der Waals surface area (Å²) in [6.07, 6.45) is 2.82. The molecule has 1 aromatic heterocycles. The Morgan fingerprint density at radius 1 is 1.86 bits per heavy atom. The van der Waals surface area contributed by atoms with E-state index in [-0.39, 0.29) is 0 Å². The molecule has 0 saturated heterocycles. The summed E-state index contributed by atoms with van der Waals surface area (Å²) in [6, 6.07) is 0. The Labute approximate surface area is 40.7 Å².